The summed E-state index contributed by atoms with van der Waals surface area (Å²) in [6, 6.07) is 0. The Morgan fingerprint density at radius 3 is 2.33 bits per heavy atom. The molecule has 0 heterocycles. The van der Waals surface area contributed by atoms with Gasteiger partial charge >= 0.3 is 5.97 Å². The molecule has 0 aromatic carbocycles. The molecular weight excluding hydrogens is 264 g/mol. The van der Waals surface area contributed by atoms with Crippen LogP contribution in [0.5, 0.6) is 0 Å². The molecule has 3 nitrogen and oxygen atoms in total. The van der Waals surface area contributed by atoms with Crippen molar-refractivity contribution < 1.29 is 14.6 Å². The van der Waals surface area contributed by atoms with Crippen molar-refractivity contribution in [3.63, 3.8) is 0 Å². The van der Waals surface area contributed by atoms with Gasteiger partial charge in [-0.05, 0) is 70.6 Å². The molecule has 3 atom stereocenters. The Morgan fingerprint density at radius 1 is 1.29 bits per heavy atom. The molecule has 1 N–H and O–H groups in total. The number of hydrogen-bond acceptors (Lipinski definition) is 3. The van der Waals surface area contributed by atoms with Gasteiger partial charge in [0.2, 0.25) is 0 Å². The van der Waals surface area contributed by atoms with E-state index in [9.17, 15) is 9.90 Å². The average molecular weight is 294 g/mol. The molecule has 0 aromatic heterocycles. The molecule has 4 aliphatic rings. The van der Waals surface area contributed by atoms with Crippen molar-refractivity contribution in [2.24, 2.45) is 23.2 Å². The topological polar surface area (TPSA) is 46.5 Å². The maximum atomic E-state index is 12.3. The predicted molar refractivity (Wildman–Crippen MR) is 81.7 cm³/mol. The fraction of sp³-hybridized carbons (Fsp3) is 0.944. The van der Waals surface area contributed by atoms with Crippen molar-refractivity contribution in [3.8, 4) is 0 Å². The van der Waals surface area contributed by atoms with Gasteiger partial charge in [-0.1, -0.05) is 13.8 Å². The number of carbonyl (C=O) groups is 1. The first kappa shape index (κ1) is 15.3. The molecule has 3 heteroatoms. The first-order valence-corrected chi connectivity index (χ1v) is 8.64. The fourth-order valence-electron chi connectivity index (χ4n) is 5.55. The summed E-state index contributed by atoms with van der Waals surface area (Å²) in [7, 11) is 0. The highest BCUT2D eigenvalue weighted by Gasteiger charge is 2.63. The summed E-state index contributed by atoms with van der Waals surface area (Å²) in [6.45, 7) is 8.10. The van der Waals surface area contributed by atoms with Crippen molar-refractivity contribution in [2.75, 3.05) is 0 Å². The molecule has 120 valence electrons. The van der Waals surface area contributed by atoms with Gasteiger partial charge in [-0.25, -0.2) is 0 Å². The van der Waals surface area contributed by atoms with Gasteiger partial charge in [0, 0.05) is 5.41 Å². The van der Waals surface area contributed by atoms with Gasteiger partial charge < -0.3 is 9.84 Å². The third-order valence-electron chi connectivity index (χ3n) is 6.68. The zero-order chi connectivity index (χ0) is 15.5. The van der Waals surface area contributed by atoms with E-state index in [0.717, 1.165) is 38.5 Å². The molecule has 4 aliphatic carbocycles. The van der Waals surface area contributed by atoms with Crippen LogP contribution in [-0.4, -0.2) is 22.3 Å². The van der Waals surface area contributed by atoms with Crippen LogP contribution in [0.2, 0.25) is 0 Å². The van der Waals surface area contributed by atoms with Gasteiger partial charge in [0.05, 0.1) is 11.5 Å². The zero-order valence-corrected chi connectivity index (χ0v) is 13.9. The predicted octanol–water partition coefficient (Wildman–Crippen LogP) is 3.69. The second-order valence-corrected chi connectivity index (χ2v) is 8.71. The van der Waals surface area contributed by atoms with E-state index in [1.54, 1.807) is 0 Å². The minimum atomic E-state index is -0.496. The van der Waals surface area contributed by atoms with Gasteiger partial charge in [0.25, 0.3) is 0 Å². The monoisotopic (exact) mass is 294 g/mol. The number of hydrogen-bond donors (Lipinski definition) is 1. The second kappa shape index (κ2) is 4.71. The first-order chi connectivity index (χ1) is 9.69. The molecule has 0 saturated heterocycles. The Balaban J connectivity index is 1.83. The molecule has 21 heavy (non-hydrogen) atoms. The van der Waals surface area contributed by atoms with Crippen LogP contribution in [-0.2, 0) is 9.53 Å². The Morgan fingerprint density at radius 2 is 1.86 bits per heavy atom. The van der Waals surface area contributed by atoms with Crippen LogP contribution in [0.25, 0.3) is 0 Å². The van der Waals surface area contributed by atoms with E-state index in [4.69, 9.17) is 4.74 Å². The lowest BCUT2D eigenvalue weighted by Crippen LogP contribution is -2.63. The minimum Gasteiger partial charge on any atom is -0.459 e. The lowest BCUT2D eigenvalue weighted by molar-refractivity contribution is -0.233. The summed E-state index contributed by atoms with van der Waals surface area (Å²) in [5.74, 6) is 1.13. The van der Waals surface area contributed by atoms with Gasteiger partial charge in [0.1, 0.15) is 5.60 Å². The van der Waals surface area contributed by atoms with E-state index in [1.807, 2.05) is 13.8 Å². The first-order valence-electron chi connectivity index (χ1n) is 8.64. The van der Waals surface area contributed by atoms with Crippen molar-refractivity contribution in [1.82, 2.24) is 0 Å². The van der Waals surface area contributed by atoms with E-state index >= 15 is 0 Å². The average Bonchev–Trinajstić information content (AvgIpc) is 2.34. The van der Waals surface area contributed by atoms with Crippen LogP contribution in [0.1, 0.15) is 72.6 Å². The molecule has 0 aliphatic heterocycles. The highest BCUT2D eigenvalue weighted by Crippen LogP contribution is 2.65. The van der Waals surface area contributed by atoms with Gasteiger partial charge in [-0.2, -0.15) is 0 Å². The van der Waals surface area contributed by atoms with Gasteiger partial charge in [-0.3, -0.25) is 4.79 Å². The Hall–Kier alpha value is -0.570. The van der Waals surface area contributed by atoms with Crippen LogP contribution in [0.3, 0.4) is 0 Å². The molecule has 3 unspecified atom stereocenters. The molecule has 0 amide bonds. The van der Waals surface area contributed by atoms with Gasteiger partial charge in [0.15, 0.2) is 0 Å². The van der Waals surface area contributed by atoms with Crippen LogP contribution in [0.15, 0.2) is 0 Å². The Bertz CT molecular complexity index is 426. The number of ether oxygens (including phenoxy) is 1. The molecule has 4 rings (SSSR count). The smallest absolute Gasteiger partial charge is 0.309 e. The molecule has 0 radical (unpaired) electrons. The zero-order valence-electron chi connectivity index (χ0n) is 13.9. The van der Waals surface area contributed by atoms with Crippen LogP contribution in [0, 0.1) is 23.2 Å². The van der Waals surface area contributed by atoms with E-state index in [1.165, 1.54) is 6.42 Å². The molecule has 0 spiro atoms. The largest absolute Gasteiger partial charge is 0.459 e. The number of esters is 1. The third-order valence-corrected chi connectivity index (χ3v) is 6.68. The van der Waals surface area contributed by atoms with Gasteiger partial charge in [-0.15, -0.1) is 0 Å². The Kier molecular flexibility index (Phi) is 3.44. The maximum Gasteiger partial charge on any atom is 0.309 e. The van der Waals surface area contributed by atoms with E-state index in [2.05, 4.69) is 13.8 Å². The number of aliphatic hydroxyl groups is 1. The maximum absolute atomic E-state index is 12.3. The summed E-state index contributed by atoms with van der Waals surface area (Å²) in [5.41, 5.74) is -0.988. The molecule has 4 bridgehead atoms. The second-order valence-electron chi connectivity index (χ2n) is 8.71. The summed E-state index contributed by atoms with van der Waals surface area (Å²) >= 11 is 0. The quantitative estimate of drug-likeness (QED) is 0.804. The summed E-state index contributed by atoms with van der Waals surface area (Å²) < 4.78 is 5.97. The molecular formula is C18H30O3. The lowest BCUT2D eigenvalue weighted by atomic mass is 9.44. The van der Waals surface area contributed by atoms with E-state index in [-0.39, 0.29) is 17.3 Å². The highest BCUT2D eigenvalue weighted by molar-refractivity contribution is 5.72. The highest BCUT2D eigenvalue weighted by atomic mass is 16.6. The van der Waals surface area contributed by atoms with Crippen LogP contribution >= 0.6 is 0 Å². The van der Waals surface area contributed by atoms with Crippen LogP contribution < -0.4 is 0 Å². The fourth-order valence-corrected chi connectivity index (χ4v) is 5.55. The standard InChI is InChI=1S/C18H30O3/c1-5-12(2)15(19)21-16(3,4)17-7-13-6-14(8-17)10-18(20,9-13)11-17/h12-14,20H,5-11H2,1-4H3. The van der Waals surface area contributed by atoms with Crippen molar-refractivity contribution in [2.45, 2.75) is 83.8 Å². The molecule has 4 saturated carbocycles. The summed E-state index contributed by atoms with van der Waals surface area (Å²) in [4.78, 5) is 12.3. The molecule has 4 fully saturated rings. The normalized spacial score (nSPS) is 42.9. The van der Waals surface area contributed by atoms with Crippen molar-refractivity contribution in [3.05, 3.63) is 0 Å². The summed E-state index contributed by atoms with van der Waals surface area (Å²) in [5, 5.41) is 10.9. The minimum absolute atomic E-state index is 0.0189. The Labute approximate surface area is 128 Å². The van der Waals surface area contributed by atoms with E-state index < -0.39 is 11.2 Å². The number of rotatable bonds is 4. The SMILES string of the molecule is CCC(C)C(=O)OC(C)(C)C12CC3CC(CC(O)(C3)C1)C2. The number of carbonyl (C=O) groups excluding carboxylic acids is 1. The van der Waals surface area contributed by atoms with Crippen molar-refractivity contribution in [1.29, 1.82) is 0 Å². The van der Waals surface area contributed by atoms with Crippen LogP contribution in [0.4, 0.5) is 0 Å². The van der Waals surface area contributed by atoms with Crippen molar-refractivity contribution >= 4 is 5.97 Å². The summed E-state index contributed by atoms with van der Waals surface area (Å²) in [6.07, 6.45) is 7.05. The van der Waals surface area contributed by atoms with E-state index in [0.29, 0.717) is 11.8 Å². The molecule has 0 aromatic rings. The lowest BCUT2D eigenvalue weighted by Gasteiger charge is -2.64. The third kappa shape index (κ3) is 2.42.